The fraction of sp³-hybridized carbons (Fsp3) is 0.263. The van der Waals surface area contributed by atoms with Crippen LogP contribution in [0.3, 0.4) is 0 Å². The first-order chi connectivity index (χ1) is 12.3. The second-order valence-corrected chi connectivity index (χ2v) is 8.67. The molecule has 136 valence electrons. The Balaban J connectivity index is 2.17. The van der Waals surface area contributed by atoms with Crippen LogP contribution in [-0.2, 0) is 14.2 Å². The van der Waals surface area contributed by atoms with E-state index in [1.807, 2.05) is 0 Å². The molecule has 0 N–H and O–H groups in total. The molecule has 0 radical (unpaired) electrons. The number of carbonyl (C=O) groups excluding carboxylic acids is 2. The maximum atomic E-state index is 13.7. The van der Waals surface area contributed by atoms with Crippen LogP contribution in [0.5, 0.6) is 5.75 Å². The summed E-state index contributed by atoms with van der Waals surface area (Å²) in [5.74, 6) is -3.29. The fourth-order valence-corrected chi connectivity index (χ4v) is 6.18. The van der Waals surface area contributed by atoms with Crippen molar-refractivity contribution in [3.63, 3.8) is 0 Å². The molecule has 0 amide bonds. The molecule has 0 aliphatic carbocycles. The molecule has 1 heterocycles. The van der Waals surface area contributed by atoms with Crippen LogP contribution in [0.25, 0.3) is 11.1 Å². The number of para-hydroxylation sites is 1. The molecule has 0 bridgehead atoms. The monoisotopic (exact) mass is 372 g/mol. The Morgan fingerprint density at radius 3 is 2.19 bits per heavy atom. The third-order valence-corrected chi connectivity index (χ3v) is 7.20. The quantitative estimate of drug-likeness (QED) is 0.552. The Hall–Kier alpha value is -2.59. The lowest BCUT2D eigenvalue weighted by atomic mass is 9.85. The third kappa shape index (κ3) is 2.80. The Bertz CT molecular complexity index is 906. The topological polar surface area (TPSA) is 107 Å². The average Bonchev–Trinajstić information content (AvgIpc) is 2.61. The van der Waals surface area contributed by atoms with E-state index in [-0.39, 0.29) is 12.8 Å². The summed E-state index contributed by atoms with van der Waals surface area (Å²) in [6, 6.07) is 13.7. The molecule has 2 aromatic carbocycles. The van der Waals surface area contributed by atoms with Gasteiger partial charge in [0.15, 0.2) is 0 Å². The van der Waals surface area contributed by atoms with Gasteiger partial charge in [0.1, 0.15) is 5.75 Å². The number of carbonyl (C=O) groups is 2. The molecule has 0 fully saturated rings. The normalized spacial score (nSPS) is 18.3. The van der Waals surface area contributed by atoms with Crippen molar-refractivity contribution in [1.29, 1.82) is 0 Å². The van der Waals surface area contributed by atoms with Gasteiger partial charge in [-0.15, -0.1) is 0 Å². The molecular formula is C19H17O6P-2. The molecule has 1 unspecified atom stereocenters. The summed E-state index contributed by atoms with van der Waals surface area (Å²) in [5, 5.41) is 23.7. The molecule has 6 nitrogen and oxygen atoms in total. The molecule has 0 saturated carbocycles. The van der Waals surface area contributed by atoms with Gasteiger partial charge >= 0.3 is 0 Å². The molecular weight excluding hydrogens is 355 g/mol. The Labute approximate surface area is 150 Å². The van der Waals surface area contributed by atoms with E-state index in [2.05, 4.69) is 0 Å². The summed E-state index contributed by atoms with van der Waals surface area (Å²) in [6.07, 6.45) is -0.723. The van der Waals surface area contributed by atoms with Crippen LogP contribution in [0.4, 0.5) is 0 Å². The SMILES string of the molecule is CCCC(CP1(=O)Oc2ccccc2-c2ccccc21)(C(=O)[O-])C(=O)[O-]. The highest BCUT2D eigenvalue weighted by Crippen LogP contribution is 2.57. The van der Waals surface area contributed by atoms with E-state index in [1.54, 1.807) is 55.5 Å². The Kier molecular flexibility index (Phi) is 4.63. The zero-order valence-corrected chi connectivity index (χ0v) is 15.0. The molecule has 0 spiro atoms. The largest absolute Gasteiger partial charge is 0.549 e. The predicted molar refractivity (Wildman–Crippen MR) is 92.0 cm³/mol. The second kappa shape index (κ2) is 6.61. The summed E-state index contributed by atoms with van der Waals surface area (Å²) in [4.78, 5) is 23.4. The second-order valence-electron chi connectivity index (χ2n) is 6.34. The van der Waals surface area contributed by atoms with E-state index in [0.29, 0.717) is 16.6 Å². The lowest BCUT2D eigenvalue weighted by Crippen LogP contribution is -2.56. The fourth-order valence-electron chi connectivity index (χ4n) is 3.37. The van der Waals surface area contributed by atoms with Crippen molar-refractivity contribution in [2.24, 2.45) is 5.41 Å². The van der Waals surface area contributed by atoms with Crippen LogP contribution in [0.1, 0.15) is 19.8 Å². The van der Waals surface area contributed by atoms with E-state index in [0.717, 1.165) is 5.56 Å². The number of benzene rings is 2. The highest BCUT2D eigenvalue weighted by molar-refractivity contribution is 7.68. The van der Waals surface area contributed by atoms with Gasteiger partial charge in [-0.1, -0.05) is 49.7 Å². The van der Waals surface area contributed by atoms with Crippen molar-refractivity contribution in [3.05, 3.63) is 48.5 Å². The number of aliphatic carboxylic acids is 2. The first kappa shape index (κ1) is 18.2. The summed E-state index contributed by atoms with van der Waals surface area (Å²) < 4.78 is 19.4. The van der Waals surface area contributed by atoms with Gasteiger partial charge in [-0.3, -0.25) is 4.57 Å². The molecule has 0 aromatic heterocycles. The highest BCUT2D eigenvalue weighted by atomic mass is 31.2. The van der Waals surface area contributed by atoms with E-state index in [1.165, 1.54) is 0 Å². The minimum Gasteiger partial charge on any atom is -0.549 e. The smallest absolute Gasteiger partial charge is 0.279 e. The van der Waals surface area contributed by atoms with Gasteiger partial charge in [-0.05, 0) is 24.1 Å². The van der Waals surface area contributed by atoms with Crippen LogP contribution in [-0.4, -0.2) is 18.1 Å². The molecule has 26 heavy (non-hydrogen) atoms. The number of hydrogen-bond donors (Lipinski definition) is 0. The lowest BCUT2D eigenvalue weighted by Gasteiger charge is -2.39. The molecule has 3 rings (SSSR count). The van der Waals surface area contributed by atoms with Crippen molar-refractivity contribution in [1.82, 2.24) is 0 Å². The summed E-state index contributed by atoms with van der Waals surface area (Å²) >= 11 is 0. The van der Waals surface area contributed by atoms with Gasteiger partial charge in [0.05, 0.1) is 28.8 Å². The van der Waals surface area contributed by atoms with Gasteiger partial charge in [0.2, 0.25) is 0 Å². The van der Waals surface area contributed by atoms with Crippen LogP contribution in [0, 0.1) is 5.41 Å². The summed E-state index contributed by atoms with van der Waals surface area (Å²) in [5.41, 5.74) is -1.03. The zero-order valence-electron chi connectivity index (χ0n) is 14.1. The number of rotatable bonds is 6. The zero-order chi connectivity index (χ0) is 18.9. The number of fused-ring (bicyclic) bond motifs is 3. The minimum atomic E-state index is -3.84. The molecule has 7 heteroatoms. The highest BCUT2D eigenvalue weighted by Gasteiger charge is 2.45. The van der Waals surface area contributed by atoms with E-state index in [9.17, 15) is 24.4 Å². The van der Waals surface area contributed by atoms with Gasteiger partial charge in [0.25, 0.3) is 7.37 Å². The van der Waals surface area contributed by atoms with Gasteiger partial charge in [0, 0.05) is 5.56 Å². The Morgan fingerprint density at radius 2 is 1.58 bits per heavy atom. The van der Waals surface area contributed by atoms with Crippen molar-refractivity contribution in [2.45, 2.75) is 19.8 Å². The van der Waals surface area contributed by atoms with E-state index < -0.39 is 30.9 Å². The van der Waals surface area contributed by atoms with Crippen molar-refractivity contribution in [2.75, 3.05) is 6.16 Å². The standard InChI is InChI=1S/C19H19O6P/c1-2-11-19(17(20)21,18(22)23)12-26(24)16-10-6-4-8-14(16)13-7-3-5-9-15(13)25-26/h3-10H,2,11-12H2,1H3,(H,20,21)(H,22,23)/p-2. The van der Waals surface area contributed by atoms with Gasteiger partial charge in [-0.2, -0.15) is 0 Å². The summed E-state index contributed by atoms with van der Waals surface area (Å²) in [7, 11) is -3.84. The predicted octanol–water partition coefficient (Wildman–Crippen LogP) is 0.936. The van der Waals surface area contributed by atoms with Crippen molar-refractivity contribution >= 4 is 24.6 Å². The van der Waals surface area contributed by atoms with Gasteiger partial charge < -0.3 is 24.3 Å². The maximum Gasteiger partial charge on any atom is 0.279 e. The third-order valence-electron chi connectivity index (χ3n) is 4.63. The van der Waals surface area contributed by atoms with Crippen LogP contribution >= 0.6 is 7.37 Å². The van der Waals surface area contributed by atoms with E-state index >= 15 is 0 Å². The van der Waals surface area contributed by atoms with Crippen LogP contribution in [0.15, 0.2) is 48.5 Å². The lowest BCUT2D eigenvalue weighted by molar-refractivity contribution is -0.342. The first-order valence-electron chi connectivity index (χ1n) is 8.24. The van der Waals surface area contributed by atoms with E-state index in [4.69, 9.17) is 4.52 Å². The molecule has 1 aliphatic heterocycles. The van der Waals surface area contributed by atoms with Crippen LogP contribution < -0.4 is 20.0 Å². The number of carboxylic acids is 2. The number of carboxylic acid groups (broad SMARTS) is 2. The van der Waals surface area contributed by atoms with Crippen molar-refractivity contribution in [3.8, 4) is 16.9 Å². The van der Waals surface area contributed by atoms with Crippen LogP contribution in [0.2, 0.25) is 0 Å². The first-order valence-corrected chi connectivity index (χ1v) is 10.1. The average molecular weight is 372 g/mol. The molecule has 2 aromatic rings. The molecule has 1 atom stereocenters. The maximum absolute atomic E-state index is 13.7. The number of hydrogen-bond acceptors (Lipinski definition) is 6. The molecule has 0 saturated heterocycles. The Morgan fingerprint density at radius 1 is 1.00 bits per heavy atom. The minimum absolute atomic E-state index is 0.250. The van der Waals surface area contributed by atoms with Gasteiger partial charge in [-0.25, -0.2) is 0 Å². The summed E-state index contributed by atoms with van der Waals surface area (Å²) in [6.45, 7) is 1.64. The molecule has 1 aliphatic rings. The van der Waals surface area contributed by atoms with Crippen molar-refractivity contribution < 1.29 is 28.9 Å².